The molecule has 0 spiro atoms. The molecule has 53 heavy (non-hydrogen) atoms. The molecule has 1 saturated heterocycles. The number of halogens is 6. The minimum atomic E-state index is -5.22. The number of hydrogen-bond acceptors (Lipinski definition) is 7. The summed E-state index contributed by atoms with van der Waals surface area (Å²) in [5.74, 6) is -5.82. The number of anilines is 1. The van der Waals surface area contributed by atoms with Crippen molar-refractivity contribution in [2.45, 2.75) is 37.7 Å². The van der Waals surface area contributed by atoms with Crippen LogP contribution in [0.5, 0.6) is 5.75 Å². The van der Waals surface area contributed by atoms with E-state index < -0.39 is 71.4 Å². The number of rotatable bonds is 10. The number of pyridine rings is 1. The zero-order chi connectivity index (χ0) is 38.2. The van der Waals surface area contributed by atoms with E-state index in [1.54, 1.807) is 48.7 Å². The van der Waals surface area contributed by atoms with Crippen LogP contribution in [0.25, 0.3) is 22.4 Å². The number of aliphatic hydroxyl groups excluding tert-OH is 2. The molecule has 3 aromatic carbocycles. The predicted octanol–water partition coefficient (Wildman–Crippen LogP) is 7.42. The first-order valence-electron chi connectivity index (χ1n) is 16.6. The Balaban J connectivity index is 1.34. The molecule has 0 unspecified atom stereocenters. The predicted molar refractivity (Wildman–Crippen MR) is 183 cm³/mol. The van der Waals surface area contributed by atoms with Crippen molar-refractivity contribution < 1.29 is 56.0 Å². The molecule has 1 fully saturated rings. The van der Waals surface area contributed by atoms with Crippen LogP contribution in [0, 0.1) is 17.8 Å². The lowest BCUT2D eigenvalue weighted by molar-refractivity contribution is -0.143. The number of amides is 2. The standard InChI is InChI=1S/C39H34F6N2O6/c1-53-20-23-15-29-35(37(52)47(36(29)51)26-17-24(38(40,41)42)16-25(18-26)39(43,44)45)30(19-48)34(23)33(50)12-10-22(31-8-4-5-13-46-31)14-21-9-11-32(49)28-7-3-2-6-27(21)28/h2-9,11,13-14,16-18,29-30,33,35,48-50H,10,12,15,19-20H2,1H3/b22-14-/t29-,30+,33-,35-/m1/s1. The zero-order valence-corrected chi connectivity index (χ0v) is 28.2. The molecule has 2 amide bonds. The third-order valence-corrected chi connectivity index (χ3v) is 9.83. The van der Waals surface area contributed by atoms with E-state index in [1.165, 1.54) is 7.11 Å². The largest absolute Gasteiger partial charge is 0.507 e. The monoisotopic (exact) mass is 740 g/mol. The van der Waals surface area contributed by atoms with Gasteiger partial charge in [0.25, 0.3) is 0 Å². The van der Waals surface area contributed by atoms with E-state index in [0.717, 1.165) is 10.9 Å². The molecule has 4 aromatic rings. The minimum Gasteiger partial charge on any atom is -0.507 e. The van der Waals surface area contributed by atoms with Gasteiger partial charge < -0.3 is 20.1 Å². The van der Waals surface area contributed by atoms with Gasteiger partial charge in [0.05, 0.1) is 53.7 Å². The van der Waals surface area contributed by atoms with Gasteiger partial charge in [-0.3, -0.25) is 14.6 Å². The maximum absolute atomic E-state index is 13.9. The van der Waals surface area contributed by atoms with Gasteiger partial charge in [-0.1, -0.05) is 36.4 Å². The van der Waals surface area contributed by atoms with E-state index in [4.69, 9.17) is 4.74 Å². The van der Waals surface area contributed by atoms with Gasteiger partial charge in [-0.2, -0.15) is 26.3 Å². The van der Waals surface area contributed by atoms with Gasteiger partial charge >= 0.3 is 12.4 Å². The SMILES string of the molecule is COCC1=C([C@H](O)CC/C(=C/c2ccc(O)c3ccccc23)c2ccccn2)[C@H](CO)[C@@H]2C(=O)N(c3cc(C(F)(F)F)cc(C(F)(F)F)c3)C(=O)[C@@H]2C1. The smallest absolute Gasteiger partial charge is 0.416 e. The maximum atomic E-state index is 13.9. The summed E-state index contributed by atoms with van der Waals surface area (Å²) in [6.45, 7) is -0.885. The Labute approximate surface area is 299 Å². The summed E-state index contributed by atoms with van der Waals surface area (Å²) in [7, 11) is 1.36. The molecule has 3 N–H and O–H groups in total. The number of phenolic OH excluding ortho intramolecular Hbond substituents is 1. The number of imide groups is 1. The van der Waals surface area contributed by atoms with Gasteiger partial charge in [-0.05, 0) is 89.4 Å². The third kappa shape index (κ3) is 7.44. The Kier molecular flexibility index (Phi) is 10.5. The number of methoxy groups -OCH3 is 1. The molecule has 2 heterocycles. The molecule has 1 aliphatic carbocycles. The van der Waals surface area contributed by atoms with E-state index >= 15 is 0 Å². The number of ether oxygens (including phenoxy) is 1. The summed E-state index contributed by atoms with van der Waals surface area (Å²) < 4.78 is 87.5. The van der Waals surface area contributed by atoms with Gasteiger partial charge in [0, 0.05) is 24.6 Å². The van der Waals surface area contributed by atoms with Crippen molar-refractivity contribution in [2.75, 3.05) is 25.2 Å². The number of aliphatic hydroxyl groups is 2. The van der Waals surface area contributed by atoms with Crippen molar-refractivity contribution in [1.29, 1.82) is 0 Å². The average molecular weight is 741 g/mol. The molecule has 1 aromatic heterocycles. The molecule has 1 aliphatic heterocycles. The number of carbonyl (C=O) groups is 2. The summed E-state index contributed by atoms with van der Waals surface area (Å²) in [4.78, 5) is 32.5. The second-order valence-electron chi connectivity index (χ2n) is 13.1. The lowest BCUT2D eigenvalue weighted by Gasteiger charge is -2.36. The zero-order valence-electron chi connectivity index (χ0n) is 28.2. The highest BCUT2D eigenvalue weighted by Crippen LogP contribution is 2.49. The van der Waals surface area contributed by atoms with Gasteiger partial charge in [-0.15, -0.1) is 0 Å². The Morgan fingerprint density at radius 3 is 2.21 bits per heavy atom. The van der Waals surface area contributed by atoms with E-state index in [-0.39, 0.29) is 43.3 Å². The lowest BCUT2D eigenvalue weighted by atomic mass is 9.68. The van der Waals surface area contributed by atoms with Crippen molar-refractivity contribution in [3.63, 3.8) is 0 Å². The van der Waals surface area contributed by atoms with E-state index in [2.05, 4.69) is 4.98 Å². The van der Waals surface area contributed by atoms with Crippen molar-refractivity contribution in [3.8, 4) is 5.75 Å². The van der Waals surface area contributed by atoms with E-state index in [9.17, 15) is 51.3 Å². The highest BCUT2D eigenvalue weighted by Gasteiger charge is 2.56. The molecule has 0 radical (unpaired) electrons. The maximum Gasteiger partial charge on any atom is 0.416 e. The molecule has 4 atom stereocenters. The lowest BCUT2D eigenvalue weighted by Crippen LogP contribution is -2.39. The number of nitrogens with zero attached hydrogens (tertiary/aromatic N) is 2. The number of hydrogen-bond donors (Lipinski definition) is 3. The average Bonchev–Trinajstić information content (AvgIpc) is 3.38. The number of alkyl halides is 6. The van der Waals surface area contributed by atoms with Crippen LogP contribution in [0.4, 0.5) is 32.0 Å². The van der Waals surface area contributed by atoms with Crippen LogP contribution in [-0.2, 0) is 26.7 Å². The first-order valence-corrected chi connectivity index (χ1v) is 16.6. The quantitative estimate of drug-likeness (QED) is 0.0880. The van der Waals surface area contributed by atoms with Gasteiger partial charge in [0.1, 0.15) is 5.75 Å². The summed E-state index contributed by atoms with van der Waals surface area (Å²) >= 11 is 0. The minimum absolute atomic E-state index is 0.0310. The fourth-order valence-electron chi connectivity index (χ4n) is 7.48. The Hall–Kier alpha value is -5.05. The van der Waals surface area contributed by atoms with Crippen LogP contribution in [0.2, 0.25) is 0 Å². The summed E-state index contributed by atoms with van der Waals surface area (Å²) in [6, 6.07) is 16.4. The van der Waals surface area contributed by atoms with Crippen LogP contribution >= 0.6 is 0 Å². The molecular formula is C39H34F6N2O6. The number of benzene rings is 3. The highest BCUT2D eigenvalue weighted by atomic mass is 19.4. The van der Waals surface area contributed by atoms with Crippen molar-refractivity contribution >= 4 is 39.9 Å². The third-order valence-electron chi connectivity index (χ3n) is 9.83. The van der Waals surface area contributed by atoms with Crippen LogP contribution < -0.4 is 4.90 Å². The highest BCUT2D eigenvalue weighted by molar-refractivity contribution is 6.22. The number of carbonyl (C=O) groups excluding carboxylic acids is 2. The van der Waals surface area contributed by atoms with Gasteiger partial charge in [0.15, 0.2) is 0 Å². The molecular weight excluding hydrogens is 706 g/mol. The second-order valence-corrected chi connectivity index (χ2v) is 13.1. The summed E-state index contributed by atoms with van der Waals surface area (Å²) in [5, 5.41) is 34.3. The van der Waals surface area contributed by atoms with E-state index in [0.29, 0.717) is 39.3 Å². The number of fused-ring (bicyclic) bond motifs is 2. The number of allylic oxidation sites excluding steroid dienone is 1. The Morgan fingerprint density at radius 1 is 0.943 bits per heavy atom. The van der Waals surface area contributed by atoms with Crippen molar-refractivity contribution in [2.24, 2.45) is 17.8 Å². The fourth-order valence-corrected chi connectivity index (χ4v) is 7.48. The number of aromatic nitrogens is 1. The molecule has 2 aliphatic rings. The molecule has 6 rings (SSSR count). The van der Waals surface area contributed by atoms with Crippen LogP contribution in [0.15, 0.2) is 90.1 Å². The Bertz CT molecular complexity index is 2060. The van der Waals surface area contributed by atoms with Crippen LogP contribution in [-0.4, -0.2) is 58.5 Å². The van der Waals surface area contributed by atoms with Crippen LogP contribution in [0.1, 0.15) is 41.6 Å². The van der Waals surface area contributed by atoms with Crippen molar-refractivity contribution in [1.82, 2.24) is 4.98 Å². The molecule has 14 heteroatoms. The molecule has 0 bridgehead atoms. The molecule has 278 valence electrons. The topological polar surface area (TPSA) is 120 Å². The first-order chi connectivity index (χ1) is 25.1. The van der Waals surface area contributed by atoms with Crippen LogP contribution in [0.3, 0.4) is 0 Å². The van der Waals surface area contributed by atoms with Gasteiger partial charge in [0.2, 0.25) is 11.8 Å². The van der Waals surface area contributed by atoms with E-state index in [1.807, 2.05) is 18.2 Å². The van der Waals surface area contributed by atoms with Crippen molar-refractivity contribution in [3.05, 3.63) is 113 Å². The first kappa shape index (κ1) is 37.7. The number of phenols is 1. The summed E-state index contributed by atoms with van der Waals surface area (Å²) in [5.41, 5.74) is -1.62. The van der Waals surface area contributed by atoms with Gasteiger partial charge in [-0.25, -0.2) is 4.90 Å². The normalized spacial score (nSPS) is 20.4. The molecule has 0 saturated carbocycles. The second kappa shape index (κ2) is 14.8. The number of aromatic hydroxyl groups is 1. The fraction of sp³-hybridized carbons (Fsp3) is 0.308. The Morgan fingerprint density at radius 2 is 1.60 bits per heavy atom. The summed E-state index contributed by atoms with van der Waals surface area (Å²) in [6.07, 6.45) is -8.21. The molecule has 8 nitrogen and oxygen atoms in total.